The molecular weight excluding hydrogens is 450 g/mol. The maximum atomic E-state index is 14.0. The number of benzene rings is 1. The molecule has 0 spiro atoms. The van der Waals surface area contributed by atoms with Crippen molar-refractivity contribution in [3.05, 3.63) is 64.9 Å². The molecule has 0 bridgehead atoms. The Kier molecular flexibility index (Phi) is 6.75. The third kappa shape index (κ3) is 4.91. The Balaban J connectivity index is 1.53. The number of anilines is 1. The molecule has 0 saturated carbocycles. The van der Waals surface area contributed by atoms with Crippen LogP contribution >= 0.6 is 11.3 Å². The van der Waals surface area contributed by atoms with Gasteiger partial charge in [0.1, 0.15) is 22.3 Å². The number of likely N-dealkylation sites (tertiary alicyclic amines) is 1. The van der Waals surface area contributed by atoms with Crippen LogP contribution in [-0.4, -0.2) is 51.0 Å². The summed E-state index contributed by atoms with van der Waals surface area (Å²) in [7, 11) is 0. The van der Waals surface area contributed by atoms with Crippen LogP contribution in [0.25, 0.3) is 10.6 Å². The first-order chi connectivity index (χ1) is 15.8. The van der Waals surface area contributed by atoms with E-state index in [0.29, 0.717) is 13.1 Å². The summed E-state index contributed by atoms with van der Waals surface area (Å²) in [5, 5.41) is 14.0. The summed E-state index contributed by atoms with van der Waals surface area (Å²) in [4.78, 5) is 35.7. The van der Waals surface area contributed by atoms with E-state index in [4.69, 9.17) is 0 Å². The summed E-state index contributed by atoms with van der Waals surface area (Å²) in [6.07, 6.45) is 3.93. The van der Waals surface area contributed by atoms with Crippen LogP contribution in [0, 0.1) is 17.6 Å². The van der Waals surface area contributed by atoms with Crippen molar-refractivity contribution in [2.75, 3.05) is 18.4 Å². The van der Waals surface area contributed by atoms with Gasteiger partial charge in [-0.15, -0.1) is 11.3 Å². The molecule has 0 radical (unpaired) electrons. The number of carbonyl (C=O) groups is 2. The number of thiazole rings is 1. The minimum atomic E-state index is -0.770. The predicted octanol–water partition coefficient (Wildman–Crippen LogP) is 3.97. The molecule has 10 heteroatoms. The summed E-state index contributed by atoms with van der Waals surface area (Å²) in [5.74, 6) is -2.45. The summed E-state index contributed by atoms with van der Waals surface area (Å²) in [6.45, 7) is 2.70. The van der Waals surface area contributed by atoms with Gasteiger partial charge < -0.3 is 15.3 Å². The summed E-state index contributed by atoms with van der Waals surface area (Å²) < 4.78 is 28.1. The number of aliphatic hydroxyl groups is 1. The number of halogens is 2. The largest absolute Gasteiger partial charge is 0.393 e. The normalized spacial score (nSPS) is 17.0. The SMILES string of the molecule is CC(O)C1CCCN(C(=O)c2ccncc2NC(=O)c2csc(-c3c(F)cccc3F)n2)C1. The zero-order valence-corrected chi connectivity index (χ0v) is 18.6. The lowest BCUT2D eigenvalue weighted by Gasteiger charge is -2.34. The van der Waals surface area contributed by atoms with Crippen molar-refractivity contribution in [2.24, 2.45) is 5.92 Å². The average molecular weight is 473 g/mol. The molecule has 3 aromatic rings. The van der Waals surface area contributed by atoms with E-state index in [1.165, 1.54) is 29.9 Å². The molecule has 172 valence electrons. The quantitative estimate of drug-likeness (QED) is 0.586. The van der Waals surface area contributed by atoms with Gasteiger partial charge in [-0.05, 0) is 38.0 Å². The van der Waals surface area contributed by atoms with Gasteiger partial charge in [0.05, 0.1) is 29.1 Å². The smallest absolute Gasteiger partial charge is 0.275 e. The predicted molar refractivity (Wildman–Crippen MR) is 120 cm³/mol. The Morgan fingerprint density at radius 3 is 2.76 bits per heavy atom. The molecule has 33 heavy (non-hydrogen) atoms. The molecule has 2 atom stereocenters. The molecule has 1 aliphatic rings. The van der Waals surface area contributed by atoms with Gasteiger partial charge in [0.15, 0.2) is 0 Å². The zero-order valence-electron chi connectivity index (χ0n) is 17.8. The number of aromatic nitrogens is 2. The Labute approximate surface area is 193 Å². The zero-order chi connectivity index (χ0) is 23.5. The highest BCUT2D eigenvalue weighted by molar-refractivity contribution is 7.13. The number of rotatable bonds is 5. The highest BCUT2D eigenvalue weighted by atomic mass is 32.1. The van der Waals surface area contributed by atoms with Crippen molar-refractivity contribution >= 4 is 28.8 Å². The van der Waals surface area contributed by atoms with E-state index in [0.717, 1.165) is 36.3 Å². The topological polar surface area (TPSA) is 95.4 Å². The average Bonchev–Trinajstić information content (AvgIpc) is 3.29. The van der Waals surface area contributed by atoms with Crippen LogP contribution in [0.5, 0.6) is 0 Å². The number of piperidine rings is 1. The van der Waals surface area contributed by atoms with Crippen LogP contribution in [0.3, 0.4) is 0 Å². The monoisotopic (exact) mass is 472 g/mol. The number of nitrogens with one attached hydrogen (secondary N) is 1. The van der Waals surface area contributed by atoms with Crippen molar-refractivity contribution in [3.63, 3.8) is 0 Å². The van der Waals surface area contributed by atoms with Gasteiger partial charge in [-0.2, -0.15) is 0 Å². The summed E-state index contributed by atoms with van der Waals surface area (Å²) in [5.41, 5.74) is 0.141. The Bertz CT molecular complexity index is 1160. The third-order valence-corrected chi connectivity index (χ3v) is 6.50. The van der Waals surface area contributed by atoms with Gasteiger partial charge in [0.2, 0.25) is 0 Å². The number of amides is 2. The van der Waals surface area contributed by atoms with Gasteiger partial charge in [-0.3, -0.25) is 14.6 Å². The molecule has 1 fully saturated rings. The van der Waals surface area contributed by atoms with E-state index in [2.05, 4.69) is 15.3 Å². The number of carbonyl (C=O) groups excluding carboxylic acids is 2. The Hall–Kier alpha value is -3.24. The minimum absolute atomic E-state index is 0.00483. The fourth-order valence-corrected chi connectivity index (χ4v) is 4.67. The highest BCUT2D eigenvalue weighted by Gasteiger charge is 2.28. The van der Waals surface area contributed by atoms with Crippen LogP contribution in [-0.2, 0) is 0 Å². The molecule has 1 aliphatic heterocycles. The van der Waals surface area contributed by atoms with Crippen molar-refractivity contribution < 1.29 is 23.5 Å². The summed E-state index contributed by atoms with van der Waals surface area (Å²) >= 11 is 0.940. The van der Waals surface area contributed by atoms with E-state index in [9.17, 15) is 23.5 Å². The van der Waals surface area contributed by atoms with E-state index < -0.39 is 23.6 Å². The van der Waals surface area contributed by atoms with Gasteiger partial charge in [-0.1, -0.05) is 6.07 Å². The number of aliphatic hydroxyl groups excluding tert-OH is 1. The van der Waals surface area contributed by atoms with E-state index in [1.807, 2.05) is 0 Å². The van der Waals surface area contributed by atoms with Gasteiger partial charge in [0, 0.05) is 30.6 Å². The molecule has 0 aliphatic carbocycles. The van der Waals surface area contributed by atoms with Crippen molar-refractivity contribution in [2.45, 2.75) is 25.9 Å². The van der Waals surface area contributed by atoms with E-state index >= 15 is 0 Å². The van der Waals surface area contributed by atoms with Crippen molar-refractivity contribution in [1.29, 1.82) is 0 Å². The molecule has 2 N–H and O–H groups in total. The lowest BCUT2D eigenvalue weighted by atomic mass is 9.93. The first-order valence-corrected chi connectivity index (χ1v) is 11.4. The van der Waals surface area contributed by atoms with E-state index in [-0.39, 0.29) is 39.3 Å². The maximum Gasteiger partial charge on any atom is 0.275 e. The fraction of sp³-hybridized carbons (Fsp3) is 0.304. The fourth-order valence-electron chi connectivity index (χ4n) is 3.82. The van der Waals surface area contributed by atoms with Gasteiger partial charge in [0.25, 0.3) is 11.8 Å². The second-order valence-electron chi connectivity index (χ2n) is 7.90. The van der Waals surface area contributed by atoms with Crippen LogP contribution in [0.2, 0.25) is 0 Å². The van der Waals surface area contributed by atoms with Crippen LogP contribution in [0.4, 0.5) is 14.5 Å². The minimum Gasteiger partial charge on any atom is -0.393 e. The Morgan fingerprint density at radius 1 is 1.27 bits per heavy atom. The van der Waals surface area contributed by atoms with Gasteiger partial charge in [-0.25, -0.2) is 13.8 Å². The van der Waals surface area contributed by atoms with Crippen molar-refractivity contribution in [1.82, 2.24) is 14.9 Å². The molecule has 1 aromatic carbocycles. The van der Waals surface area contributed by atoms with Crippen LogP contribution < -0.4 is 5.32 Å². The number of pyridine rings is 1. The van der Waals surface area contributed by atoms with E-state index in [1.54, 1.807) is 11.8 Å². The molecular formula is C23H22F2N4O3S. The lowest BCUT2D eigenvalue weighted by Crippen LogP contribution is -2.43. The van der Waals surface area contributed by atoms with Crippen molar-refractivity contribution in [3.8, 4) is 10.6 Å². The number of nitrogens with zero attached hydrogens (tertiary/aromatic N) is 3. The Morgan fingerprint density at radius 2 is 2.03 bits per heavy atom. The number of hydrogen-bond donors (Lipinski definition) is 2. The molecule has 2 amide bonds. The lowest BCUT2D eigenvalue weighted by molar-refractivity contribution is 0.0466. The molecule has 3 heterocycles. The van der Waals surface area contributed by atoms with Gasteiger partial charge >= 0.3 is 0 Å². The standard InChI is InChI=1S/C23H22F2N4O3S/c1-13(30)14-4-3-9-29(11-14)23(32)15-7-8-26-10-18(15)27-21(31)19-12-33-22(28-19)20-16(24)5-2-6-17(20)25/h2,5-8,10,12-14,30H,3-4,9,11H2,1H3,(H,27,31). The third-order valence-electron chi connectivity index (χ3n) is 5.64. The maximum absolute atomic E-state index is 14.0. The first kappa shape index (κ1) is 22.9. The van der Waals surface area contributed by atoms with Crippen LogP contribution in [0.1, 0.15) is 40.6 Å². The molecule has 7 nitrogen and oxygen atoms in total. The molecule has 2 unspecified atom stereocenters. The van der Waals surface area contributed by atoms with Crippen LogP contribution in [0.15, 0.2) is 42.0 Å². The first-order valence-electron chi connectivity index (χ1n) is 10.5. The summed E-state index contributed by atoms with van der Waals surface area (Å²) in [6, 6.07) is 5.01. The molecule has 2 aromatic heterocycles. The number of hydrogen-bond acceptors (Lipinski definition) is 6. The molecule has 4 rings (SSSR count). The highest BCUT2D eigenvalue weighted by Crippen LogP contribution is 2.29. The second-order valence-corrected chi connectivity index (χ2v) is 8.76. The second kappa shape index (κ2) is 9.72. The molecule has 1 saturated heterocycles.